The van der Waals surface area contributed by atoms with E-state index in [9.17, 15) is 13.2 Å². The Bertz CT molecular complexity index is 970. The van der Waals surface area contributed by atoms with Crippen LogP contribution in [0.4, 0.5) is 36.3 Å². The summed E-state index contributed by atoms with van der Waals surface area (Å²) >= 11 is 0. The Morgan fingerprint density at radius 2 is 1.72 bits per heavy atom. The molecular formula is C16H9F3N6. The third kappa shape index (κ3) is 3.48. The van der Waals surface area contributed by atoms with E-state index in [1.54, 1.807) is 24.3 Å². The van der Waals surface area contributed by atoms with E-state index in [-0.39, 0.29) is 17.5 Å². The van der Waals surface area contributed by atoms with Crippen LogP contribution in [-0.2, 0) is 0 Å². The van der Waals surface area contributed by atoms with Crippen LogP contribution in [0.5, 0.6) is 0 Å². The molecule has 0 fully saturated rings. The lowest BCUT2D eigenvalue weighted by Crippen LogP contribution is -2.05. The second kappa shape index (κ2) is 6.84. The maximum Gasteiger partial charge on any atom is 0.249 e. The highest BCUT2D eigenvalue weighted by Crippen LogP contribution is 2.23. The third-order valence-electron chi connectivity index (χ3n) is 3.15. The van der Waals surface area contributed by atoms with Crippen molar-refractivity contribution in [2.45, 2.75) is 0 Å². The molecule has 0 bridgehead atoms. The van der Waals surface area contributed by atoms with E-state index in [2.05, 4.69) is 25.8 Å². The number of rotatable bonds is 4. The molecule has 124 valence electrons. The number of nitriles is 1. The summed E-state index contributed by atoms with van der Waals surface area (Å²) in [5.74, 6) is -4.16. The third-order valence-corrected chi connectivity index (χ3v) is 3.15. The van der Waals surface area contributed by atoms with Gasteiger partial charge in [0.2, 0.25) is 5.95 Å². The van der Waals surface area contributed by atoms with Crippen molar-refractivity contribution in [2.75, 3.05) is 10.6 Å². The van der Waals surface area contributed by atoms with Gasteiger partial charge >= 0.3 is 0 Å². The summed E-state index contributed by atoms with van der Waals surface area (Å²) in [5, 5.41) is 21.8. The monoisotopic (exact) mass is 342 g/mol. The minimum atomic E-state index is -1.59. The summed E-state index contributed by atoms with van der Waals surface area (Å²) in [6.07, 6.45) is 1.18. The van der Waals surface area contributed by atoms with Crippen LogP contribution < -0.4 is 10.6 Å². The molecule has 0 spiro atoms. The van der Waals surface area contributed by atoms with Crippen LogP contribution in [0.15, 0.2) is 42.6 Å². The van der Waals surface area contributed by atoms with E-state index >= 15 is 0 Å². The number of nitrogens with zero attached hydrogens (tertiary/aromatic N) is 4. The molecule has 25 heavy (non-hydrogen) atoms. The predicted octanol–water partition coefficient (Wildman–Crippen LogP) is 3.65. The number of aromatic nitrogens is 3. The first-order chi connectivity index (χ1) is 12.1. The molecule has 9 heteroatoms. The molecule has 0 aliphatic carbocycles. The molecule has 0 aliphatic heterocycles. The molecule has 0 radical (unpaired) electrons. The molecule has 2 N–H and O–H groups in total. The summed E-state index contributed by atoms with van der Waals surface area (Å²) in [7, 11) is 0. The molecule has 0 aliphatic rings. The fourth-order valence-electron chi connectivity index (χ4n) is 1.99. The van der Waals surface area contributed by atoms with Crippen molar-refractivity contribution in [2.24, 2.45) is 0 Å². The minimum Gasteiger partial charge on any atom is -0.336 e. The van der Waals surface area contributed by atoms with Crippen molar-refractivity contribution in [3.8, 4) is 6.07 Å². The largest absolute Gasteiger partial charge is 0.336 e. The van der Waals surface area contributed by atoms with E-state index in [1.165, 1.54) is 6.20 Å². The SMILES string of the molecule is N#Cc1ccccc1Nc1nncc(Nc2ccc(F)c(F)c2F)n1. The van der Waals surface area contributed by atoms with E-state index in [1.807, 2.05) is 6.07 Å². The molecule has 0 atom stereocenters. The number of nitrogens with one attached hydrogen (secondary N) is 2. The summed E-state index contributed by atoms with van der Waals surface area (Å²) in [5.41, 5.74) is 0.529. The second-order valence-corrected chi connectivity index (χ2v) is 4.80. The lowest BCUT2D eigenvalue weighted by molar-refractivity contribution is 0.449. The zero-order valence-electron chi connectivity index (χ0n) is 12.5. The van der Waals surface area contributed by atoms with Gasteiger partial charge in [-0.2, -0.15) is 15.3 Å². The first-order valence-electron chi connectivity index (χ1n) is 6.95. The van der Waals surface area contributed by atoms with Crippen LogP contribution in [0.3, 0.4) is 0 Å². The summed E-state index contributed by atoms with van der Waals surface area (Å²) < 4.78 is 39.9. The van der Waals surface area contributed by atoms with Gasteiger partial charge in [0.1, 0.15) is 6.07 Å². The average molecular weight is 342 g/mol. The van der Waals surface area contributed by atoms with Crippen LogP contribution in [0, 0.1) is 28.8 Å². The molecule has 6 nitrogen and oxygen atoms in total. The van der Waals surface area contributed by atoms with Crippen molar-refractivity contribution in [3.05, 3.63) is 65.6 Å². The quantitative estimate of drug-likeness (QED) is 0.704. The highest BCUT2D eigenvalue weighted by Gasteiger charge is 2.14. The van der Waals surface area contributed by atoms with Gasteiger partial charge in [-0.05, 0) is 24.3 Å². The Morgan fingerprint density at radius 1 is 0.920 bits per heavy atom. The second-order valence-electron chi connectivity index (χ2n) is 4.80. The Morgan fingerprint density at radius 3 is 2.52 bits per heavy atom. The molecule has 3 aromatic rings. The molecule has 0 unspecified atom stereocenters. The van der Waals surface area contributed by atoms with Gasteiger partial charge in [0, 0.05) is 0 Å². The van der Waals surface area contributed by atoms with Gasteiger partial charge in [-0.1, -0.05) is 12.1 Å². The van der Waals surface area contributed by atoms with Crippen LogP contribution in [0.2, 0.25) is 0 Å². The van der Waals surface area contributed by atoms with Gasteiger partial charge < -0.3 is 10.6 Å². The number of hydrogen-bond donors (Lipinski definition) is 2. The summed E-state index contributed by atoms with van der Waals surface area (Å²) in [6.45, 7) is 0. The number of benzene rings is 2. The zero-order chi connectivity index (χ0) is 17.8. The molecule has 0 saturated carbocycles. The zero-order valence-corrected chi connectivity index (χ0v) is 12.5. The van der Waals surface area contributed by atoms with Crippen molar-refractivity contribution >= 4 is 23.1 Å². The van der Waals surface area contributed by atoms with E-state index in [4.69, 9.17) is 5.26 Å². The topological polar surface area (TPSA) is 86.5 Å². The Hall–Kier alpha value is -3.67. The van der Waals surface area contributed by atoms with Gasteiger partial charge in [-0.25, -0.2) is 13.2 Å². The van der Waals surface area contributed by atoms with Crippen molar-refractivity contribution in [1.82, 2.24) is 15.2 Å². The van der Waals surface area contributed by atoms with E-state index in [0.29, 0.717) is 11.3 Å². The predicted molar refractivity (Wildman–Crippen MR) is 83.9 cm³/mol. The molecule has 2 aromatic carbocycles. The fourth-order valence-corrected chi connectivity index (χ4v) is 1.99. The maximum atomic E-state index is 13.7. The Kier molecular flexibility index (Phi) is 4.43. The lowest BCUT2D eigenvalue weighted by Gasteiger charge is -2.09. The standard InChI is InChI=1S/C16H9F3N6/c17-10-5-6-12(15(19)14(10)18)22-13-8-21-25-16(24-13)23-11-4-2-1-3-9(11)7-20/h1-6,8H,(H2,22,23,24,25). The minimum absolute atomic E-state index is 0.0377. The average Bonchev–Trinajstić information content (AvgIpc) is 2.63. The highest BCUT2D eigenvalue weighted by molar-refractivity contribution is 5.64. The molecular weight excluding hydrogens is 333 g/mol. The molecule has 1 aromatic heterocycles. The van der Waals surface area contributed by atoms with E-state index in [0.717, 1.165) is 12.1 Å². The summed E-state index contributed by atoms with van der Waals surface area (Å²) in [4.78, 5) is 4.04. The van der Waals surface area contributed by atoms with Gasteiger partial charge in [0.25, 0.3) is 0 Å². The Balaban J connectivity index is 1.85. The van der Waals surface area contributed by atoms with Crippen LogP contribution in [-0.4, -0.2) is 15.2 Å². The lowest BCUT2D eigenvalue weighted by atomic mass is 10.2. The number of halogens is 3. The first-order valence-corrected chi connectivity index (χ1v) is 6.95. The molecule has 0 saturated heterocycles. The van der Waals surface area contributed by atoms with E-state index < -0.39 is 17.5 Å². The molecule has 0 amide bonds. The first kappa shape index (κ1) is 16.2. The molecule has 3 rings (SSSR count). The fraction of sp³-hybridized carbons (Fsp3) is 0. The van der Waals surface area contributed by atoms with Crippen molar-refractivity contribution in [3.63, 3.8) is 0 Å². The van der Waals surface area contributed by atoms with Gasteiger partial charge in [-0.15, -0.1) is 5.10 Å². The van der Waals surface area contributed by atoms with Gasteiger partial charge in [0.05, 0.1) is 23.1 Å². The summed E-state index contributed by atoms with van der Waals surface area (Å²) in [6, 6.07) is 10.5. The van der Waals surface area contributed by atoms with Crippen LogP contribution in [0.25, 0.3) is 0 Å². The van der Waals surface area contributed by atoms with Gasteiger partial charge in [-0.3, -0.25) is 0 Å². The van der Waals surface area contributed by atoms with Crippen molar-refractivity contribution in [1.29, 1.82) is 5.26 Å². The normalized spacial score (nSPS) is 10.2. The number of anilines is 4. The number of hydrogen-bond acceptors (Lipinski definition) is 6. The van der Waals surface area contributed by atoms with Crippen LogP contribution >= 0.6 is 0 Å². The number of para-hydroxylation sites is 1. The van der Waals surface area contributed by atoms with Crippen LogP contribution in [0.1, 0.15) is 5.56 Å². The Labute approximate surface area is 140 Å². The maximum absolute atomic E-state index is 13.7. The highest BCUT2D eigenvalue weighted by atomic mass is 19.2. The smallest absolute Gasteiger partial charge is 0.249 e. The van der Waals surface area contributed by atoms with Gasteiger partial charge in [0.15, 0.2) is 23.3 Å². The van der Waals surface area contributed by atoms with Crippen molar-refractivity contribution < 1.29 is 13.2 Å². The molecule has 1 heterocycles.